The Balaban J connectivity index is 1.71. The van der Waals surface area contributed by atoms with Gasteiger partial charge in [-0.15, -0.1) is 0 Å². The van der Waals surface area contributed by atoms with Crippen molar-refractivity contribution in [2.75, 3.05) is 0 Å². The molecule has 0 aromatic heterocycles. The molecule has 0 aromatic rings. The van der Waals surface area contributed by atoms with Crippen molar-refractivity contribution in [1.29, 1.82) is 0 Å². The highest BCUT2D eigenvalue weighted by Crippen LogP contribution is 2.64. The Bertz CT molecular complexity index is 496. The molecule has 0 saturated heterocycles. The Morgan fingerprint density at radius 2 is 1.76 bits per heavy atom. The molecule has 4 rings (SSSR count). The molecule has 0 N–H and O–H groups in total. The Hall–Kier alpha value is -0.660. The lowest BCUT2D eigenvalue weighted by molar-refractivity contribution is -0.155. The molecule has 0 spiro atoms. The Kier molecular flexibility index (Phi) is 2.94. The van der Waals surface area contributed by atoms with Crippen molar-refractivity contribution in [2.45, 2.75) is 71.6 Å². The maximum atomic E-state index is 12.8. The molecule has 4 saturated carbocycles. The van der Waals surface area contributed by atoms with Gasteiger partial charge < -0.3 is 0 Å². The van der Waals surface area contributed by atoms with Crippen LogP contribution in [0.4, 0.5) is 0 Å². The minimum atomic E-state index is -0.0979. The number of rotatable bonds is 0. The van der Waals surface area contributed by atoms with E-state index in [1.807, 2.05) is 0 Å². The van der Waals surface area contributed by atoms with Crippen molar-refractivity contribution < 1.29 is 9.59 Å². The fraction of sp³-hybridized carbons (Fsp3) is 0.895. The Labute approximate surface area is 128 Å². The highest BCUT2D eigenvalue weighted by molar-refractivity contribution is 5.88. The van der Waals surface area contributed by atoms with Gasteiger partial charge in [-0.05, 0) is 55.3 Å². The molecule has 21 heavy (non-hydrogen) atoms. The smallest absolute Gasteiger partial charge is 0.139 e. The number of Topliss-reactive ketones (excluding diaryl/α,β-unsaturated/α-hetero) is 2. The highest BCUT2D eigenvalue weighted by Gasteiger charge is 2.61. The van der Waals surface area contributed by atoms with E-state index in [-0.39, 0.29) is 10.8 Å². The third kappa shape index (κ3) is 1.71. The molecule has 0 heterocycles. The van der Waals surface area contributed by atoms with Gasteiger partial charge in [0.1, 0.15) is 11.6 Å². The van der Waals surface area contributed by atoms with E-state index in [9.17, 15) is 9.59 Å². The largest absolute Gasteiger partial charge is 0.299 e. The van der Waals surface area contributed by atoms with Crippen LogP contribution in [0.3, 0.4) is 0 Å². The van der Waals surface area contributed by atoms with Crippen LogP contribution in [0.2, 0.25) is 0 Å². The standard InChI is InChI=1S/C19H28O2/c1-18-9-4-3-5-15(18)16(20)11-12-13-6-7-17(21)19(13,2)10-8-14(12)18/h12-15H,3-11H2,1-2H3/t12-,13+,14-,15-,18+,19+/m1/s1. The maximum absolute atomic E-state index is 12.8. The first-order valence-electron chi connectivity index (χ1n) is 9.03. The van der Waals surface area contributed by atoms with Crippen molar-refractivity contribution >= 4 is 11.6 Å². The fourth-order valence-corrected chi connectivity index (χ4v) is 6.87. The van der Waals surface area contributed by atoms with Gasteiger partial charge in [0, 0.05) is 24.2 Å². The zero-order valence-electron chi connectivity index (χ0n) is 13.5. The lowest BCUT2D eigenvalue weighted by Crippen LogP contribution is -2.55. The van der Waals surface area contributed by atoms with Crippen molar-refractivity contribution in [3.8, 4) is 0 Å². The van der Waals surface area contributed by atoms with E-state index in [4.69, 9.17) is 0 Å². The number of ketones is 2. The second-order valence-corrected chi connectivity index (χ2v) is 8.77. The highest BCUT2D eigenvalue weighted by atomic mass is 16.1. The summed E-state index contributed by atoms with van der Waals surface area (Å²) in [7, 11) is 0. The van der Waals surface area contributed by atoms with Crippen molar-refractivity contribution in [1.82, 2.24) is 0 Å². The molecule has 4 fully saturated rings. The van der Waals surface area contributed by atoms with Crippen LogP contribution in [0, 0.1) is 34.5 Å². The molecule has 116 valence electrons. The molecule has 0 amide bonds. The predicted octanol–water partition coefficient (Wildman–Crippen LogP) is 4.17. The molecule has 2 heteroatoms. The zero-order chi connectivity index (χ0) is 14.8. The topological polar surface area (TPSA) is 34.1 Å². The van der Waals surface area contributed by atoms with E-state index >= 15 is 0 Å². The SMILES string of the molecule is C[C@@]12CCCC[C@@H]1C(=O)C[C@H]1[C@H]2CC[C@]2(C)C(=O)CC[C@@H]12. The second kappa shape index (κ2) is 4.43. The Morgan fingerprint density at radius 1 is 0.952 bits per heavy atom. The molecule has 4 aliphatic carbocycles. The molecule has 0 aromatic carbocycles. The molecule has 2 nitrogen and oxygen atoms in total. The van der Waals surface area contributed by atoms with Crippen LogP contribution in [0.15, 0.2) is 0 Å². The summed E-state index contributed by atoms with van der Waals surface area (Å²) in [5, 5.41) is 0. The average Bonchev–Trinajstić information content (AvgIpc) is 2.75. The van der Waals surface area contributed by atoms with Gasteiger partial charge in [-0.2, -0.15) is 0 Å². The van der Waals surface area contributed by atoms with Crippen LogP contribution in [-0.4, -0.2) is 11.6 Å². The molecule has 4 aliphatic rings. The van der Waals surface area contributed by atoms with Crippen LogP contribution < -0.4 is 0 Å². The summed E-state index contributed by atoms with van der Waals surface area (Å²) < 4.78 is 0. The Morgan fingerprint density at radius 3 is 2.57 bits per heavy atom. The van der Waals surface area contributed by atoms with Crippen LogP contribution >= 0.6 is 0 Å². The normalized spacial score (nSPS) is 53.0. The van der Waals surface area contributed by atoms with E-state index in [1.54, 1.807) is 0 Å². The van der Waals surface area contributed by atoms with Crippen LogP contribution in [-0.2, 0) is 9.59 Å². The quantitative estimate of drug-likeness (QED) is 0.670. The van der Waals surface area contributed by atoms with Gasteiger partial charge in [0.05, 0.1) is 0 Å². The average molecular weight is 288 g/mol. The minimum Gasteiger partial charge on any atom is -0.299 e. The number of fused-ring (bicyclic) bond motifs is 5. The first-order chi connectivity index (χ1) is 9.97. The molecular weight excluding hydrogens is 260 g/mol. The van der Waals surface area contributed by atoms with Crippen LogP contribution in [0.5, 0.6) is 0 Å². The summed E-state index contributed by atoms with van der Waals surface area (Å²) in [5.74, 6) is 3.03. The lowest BCUT2D eigenvalue weighted by atomic mass is 9.45. The van der Waals surface area contributed by atoms with Crippen LogP contribution in [0.1, 0.15) is 71.6 Å². The van der Waals surface area contributed by atoms with Gasteiger partial charge in [0.15, 0.2) is 0 Å². The first-order valence-corrected chi connectivity index (χ1v) is 9.03. The van der Waals surface area contributed by atoms with Gasteiger partial charge in [-0.3, -0.25) is 9.59 Å². The summed E-state index contributed by atoms with van der Waals surface area (Å²) in [6.45, 7) is 4.61. The summed E-state index contributed by atoms with van der Waals surface area (Å²) in [5.41, 5.74) is 0.143. The third-order valence-corrected chi connectivity index (χ3v) is 8.07. The number of hydrogen-bond donors (Lipinski definition) is 0. The molecule has 0 aliphatic heterocycles. The van der Waals surface area contributed by atoms with E-state index < -0.39 is 0 Å². The number of carbonyl (C=O) groups excluding carboxylic acids is 2. The summed E-state index contributed by atoms with van der Waals surface area (Å²) >= 11 is 0. The number of hydrogen-bond acceptors (Lipinski definition) is 2. The van der Waals surface area contributed by atoms with Crippen molar-refractivity contribution in [3.63, 3.8) is 0 Å². The van der Waals surface area contributed by atoms with Gasteiger partial charge in [-0.25, -0.2) is 0 Å². The molecule has 0 bridgehead atoms. The van der Waals surface area contributed by atoms with Gasteiger partial charge >= 0.3 is 0 Å². The lowest BCUT2D eigenvalue weighted by Gasteiger charge is -2.58. The molecule has 0 radical (unpaired) electrons. The number of carbonyl (C=O) groups is 2. The van der Waals surface area contributed by atoms with E-state index in [0.29, 0.717) is 35.2 Å². The van der Waals surface area contributed by atoms with E-state index in [1.165, 1.54) is 25.7 Å². The monoisotopic (exact) mass is 288 g/mol. The first kappa shape index (κ1) is 14.0. The van der Waals surface area contributed by atoms with Gasteiger partial charge in [0.25, 0.3) is 0 Å². The maximum Gasteiger partial charge on any atom is 0.139 e. The van der Waals surface area contributed by atoms with Crippen molar-refractivity contribution in [3.05, 3.63) is 0 Å². The summed E-state index contributed by atoms with van der Waals surface area (Å²) in [6, 6.07) is 0. The molecular formula is C19H28O2. The zero-order valence-corrected chi connectivity index (χ0v) is 13.5. The van der Waals surface area contributed by atoms with Crippen molar-refractivity contribution in [2.24, 2.45) is 34.5 Å². The predicted molar refractivity (Wildman–Crippen MR) is 81.7 cm³/mol. The van der Waals surface area contributed by atoms with E-state index in [0.717, 1.165) is 32.1 Å². The van der Waals surface area contributed by atoms with Gasteiger partial charge in [0.2, 0.25) is 0 Å². The van der Waals surface area contributed by atoms with Crippen LogP contribution in [0.25, 0.3) is 0 Å². The molecule has 6 atom stereocenters. The minimum absolute atomic E-state index is 0.0979. The van der Waals surface area contributed by atoms with Gasteiger partial charge in [-0.1, -0.05) is 26.7 Å². The third-order valence-electron chi connectivity index (χ3n) is 8.07. The summed E-state index contributed by atoms with van der Waals surface area (Å²) in [6.07, 6.45) is 9.74. The second-order valence-electron chi connectivity index (χ2n) is 8.77. The fourth-order valence-electron chi connectivity index (χ4n) is 6.87. The molecule has 0 unspecified atom stereocenters. The van der Waals surface area contributed by atoms with E-state index in [2.05, 4.69) is 13.8 Å². The summed E-state index contributed by atoms with van der Waals surface area (Å²) in [4.78, 5) is 25.1.